The van der Waals surface area contributed by atoms with Crippen molar-refractivity contribution in [1.29, 1.82) is 0 Å². The number of anilines is 1. The molecule has 0 aliphatic heterocycles. The maximum absolute atomic E-state index is 12.8. The molecule has 0 saturated heterocycles. The van der Waals surface area contributed by atoms with Gasteiger partial charge in [-0.1, -0.05) is 36.4 Å². The van der Waals surface area contributed by atoms with Gasteiger partial charge >= 0.3 is 0 Å². The third kappa shape index (κ3) is 4.44. The van der Waals surface area contributed by atoms with Gasteiger partial charge < -0.3 is 20.7 Å². The largest absolute Gasteiger partial charge is 0.496 e. The smallest absolute Gasteiger partial charge is 0.257 e. The van der Waals surface area contributed by atoms with Crippen molar-refractivity contribution in [3.8, 4) is 17.0 Å². The van der Waals surface area contributed by atoms with E-state index in [4.69, 9.17) is 4.74 Å². The summed E-state index contributed by atoms with van der Waals surface area (Å²) in [6.07, 6.45) is 3.18. The molecule has 1 saturated carbocycles. The summed E-state index contributed by atoms with van der Waals surface area (Å²) in [4.78, 5) is 25.3. The second-order valence-electron chi connectivity index (χ2n) is 7.75. The van der Waals surface area contributed by atoms with E-state index in [1.807, 2.05) is 30.3 Å². The number of H-pyrrole nitrogens is 1. The molecule has 166 valence electrons. The van der Waals surface area contributed by atoms with Gasteiger partial charge in [-0.2, -0.15) is 5.10 Å². The van der Waals surface area contributed by atoms with E-state index in [1.54, 1.807) is 32.4 Å². The lowest BCUT2D eigenvalue weighted by atomic mass is 9.92. The number of rotatable bonds is 8. The van der Waals surface area contributed by atoms with Crippen LogP contribution in [0, 0.1) is 0 Å². The highest BCUT2D eigenvalue weighted by molar-refractivity contribution is 6.04. The van der Waals surface area contributed by atoms with Gasteiger partial charge in [0.1, 0.15) is 11.3 Å². The van der Waals surface area contributed by atoms with Gasteiger partial charge in [0.25, 0.3) is 11.8 Å². The van der Waals surface area contributed by atoms with Crippen molar-refractivity contribution in [2.24, 2.45) is 0 Å². The summed E-state index contributed by atoms with van der Waals surface area (Å²) in [6.45, 7) is 0.372. The van der Waals surface area contributed by atoms with E-state index in [1.165, 1.54) is 0 Å². The molecule has 1 aliphatic carbocycles. The molecular formula is C24H27N5O3. The molecule has 4 rings (SSSR count). The summed E-state index contributed by atoms with van der Waals surface area (Å²) in [5, 5.41) is 16.2. The summed E-state index contributed by atoms with van der Waals surface area (Å²) < 4.78 is 5.25. The highest BCUT2D eigenvalue weighted by atomic mass is 16.5. The van der Waals surface area contributed by atoms with Gasteiger partial charge in [0.05, 0.1) is 18.4 Å². The molecule has 1 aliphatic rings. The van der Waals surface area contributed by atoms with Crippen molar-refractivity contribution >= 4 is 17.6 Å². The van der Waals surface area contributed by atoms with Crippen molar-refractivity contribution in [3.63, 3.8) is 0 Å². The second-order valence-corrected chi connectivity index (χ2v) is 7.75. The Labute approximate surface area is 186 Å². The Kier molecular flexibility index (Phi) is 6.39. The molecule has 0 atom stereocenters. The Morgan fingerprint density at radius 1 is 1.09 bits per heavy atom. The van der Waals surface area contributed by atoms with Crippen LogP contribution in [0.15, 0.2) is 48.5 Å². The summed E-state index contributed by atoms with van der Waals surface area (Å²) in [6, 6.07) is 15.0. The van der Waals surface area contributed by atoms with Gasteiger partial charge in [-0.15, -0.1) is 0 Å². The van der Waals surface area contributed by atoms with Crippen LogP contribution in [0.3, 0.4) is 0 Å². The zero-order valence-electron chi connectivity index (χ0n) is 18.2. The van der Waals surface area contributed by atoms with Crippen molar-refractivity contribution in [3.05, 3.63) is 65.2 Å². The van der Waals surface area contributed by atoms with Crippen LogP contribution in [0.4, 0.5) is 5.82 Å². The summed E-state index contributed by atoms with van der Waals surface area (Å²) in [5.41, 5.74) is 3.45. The molecule has 32 heavy (non-hydrogen) atoms. The van der Waals surface area contributed by atoms with Gasteiger partial charge in [-0.3, -0.25) is 14.7 Å². The first-order chi connectivity index (χ1) is 15.6. The number of amides is 2. The molecule has 2 amide bonds. The maximum atomic E-state index is 12.8. The number of para-hydroxylation sites is 1. The fourth-order valence-corrected chi connectivity index (χ4v) is 3.66. The Morgan fingerprint density at radius 2 is 1.84 bits per heavy atom. The van der Waals surface area contributed by atoms with Crippen LogP contribution in [-0.4, -0.2) is 42.2 Å². The number of methoxy groups -OCH3 is 1. The van der Waals surface area contributed by atoms with E-state index in [0.717, 1.165) is 30.4 Å². The van der Waals surface area contributed by atoms with Crippen molar-refractivity contribution in [1.82, 2.24) is 20.8 Å². The molecule has 8 heteroatoms. The first-order valence-electron chi connectivity index (χ1n) is 10.7. The Hall–Kier alpha value is -3.81. The molecule has 2 aromatic carbocycles. The molecule has 1 heterocycles. The molecule has 3 aromatic rings. The van der Waals surface area contributed by atoms with Gasteiger partial charge in [0.15, 0.2) is 5.82 Å². The van der Waals surface area contributed by atoms with Crippen LogP contribution < -0.4 is 20.7 Å². The number of nitrogens with one attached hydrogen (secondary N) is 4. The highest BCUT2D eigenvalue weighted by Crippen LogP contribution is 2.28. The monoisotopic (exact) mass is 433 g/mol. The van der Waals surface area contributed by atoms with E-state index in [2.05, 4.69) is 26.1 Å². The predicted octanol–water partition coefficient (Wildman–Crippen LogP) is 3.34. The highest BCUT2D eigenvalue weighted by Gasteiger charge is 2.25. The van der Waals surface area contributed by atoms with E-state index < -0.39 is 0 Å². The quantitative estimate of drug-likeness (QED) is 0.436. The third-order valence-corrected chi connectivity index (χ3v) is 5.72. The summed E-state index contributed by atoms with van der Waals surface area (Å²) in [5.74, 6) is 0.724. The molecule has 1 fully saturated rings. The lowest BCUT2D eigenvalue weighted by molar-refractivity contribution is 0.0916. The zero-order chi connectivity index (χ0) is 22.5. The van der Waals surface area contributed by atoms with Crippen LogP contribution in [0.2, 0.25) is 0 Å². The number of aromatic amines is 1. The van der Waals surface area contributed by atoms with Gasteiger partial charge in [0.2, 0.25) is 0 Å². The fraction of sp³-hybridized carbons (Fsp3) is 0.292. The molecule has 0 radical (unpaired) electrons. The standard InChI is InChI=1S/C24H27N5O3/c1-25-22-20(24(31)27-17-6-5-7-17)21(28-29-22)16-12-10-15(11-13-16)14-26-23(30)18-8-3-4-9-19(18)32-2/h3-4,8-13,17H,5-7,14H2,1-2H3,(H,26,30)(H,27,31)(H2,25,28,29). The first-order valence-corrected chi connectivity index (χ1v) is 10.7. The molecule has 1 aromatic heterocycles. The minimum absolute atomic E-state index is 0.129. The van der Waals surface area contributed by atoms with E-state index in [-0.39, 0.29) is 17.9 Å². The second kappa shape index (κ2) is 9.55. The van der Waals surface area contributed by atoms with Gasteiger partial charge in [0, 0.05) is 25.2 Å². The number of carbonyl (C=O) groups excluding carboxylic acids is 2. The average Bonchev–Trinajstić information content (AvgIpc) is 3.24. The number of ether oxygens (including phenoxy) is 1. The van der Waals surface area contributed by atoms with Gasteiger partial charge in [-0.05, 0) is 37.0 Å². The predicted molar refractivity (Wildman–Crippen MR) is 123 cm³/mol. The van der Waals surface area contributed by atoms with Crippen LogP contribution in [-0.2, 0) is 6.54 Å². The van der Waals surface area contributed by atoms with Gasteiger partial charge in [-0.25, -0.2) is 0 Å². The maximum Gasteiger partial charge on any atom is 0.257 e. The first kappa shape index (κ1) is 21.4. The number of nitrogens with zero attached hydrogens (tertiary/aromatic N) is 1. The third-order valence-electron chi connectivity index (χ3n) is 5.72. The summed E-state index contributed by atoms with van der Waals surface area (Å²) >= 11 is 0. The van der Waals surface area contributed by atoms with Crippen LogP contribution >= 0.6 is 0 Å². The lowest BCUT2D eigenvalue weighted by Gasteiger charge is -2.26. The Balaban J connectivity index is 1.46. The normalized spacial score (nSPS) is 13.2. The van der Waals surface area contributed by atoms with Crippen LogP contribution in [0.5, 0.6) is 5.75 Å². The number of hydrogen-bond donors (Lipinski definition) is 4. The SMILES string of the molecule is CNc1n[nH]c(-c2ccc(CNC(=O)c3ccccc3OC)cc2)c1C(=O)NC1CCC1. The van der Waals surface area contributed by atoms with Crippen LogP contribution in [0.25, 0.3) is 11.3 Å². The van der Waals surface area contributed by atoms with Crippen molar-refractivity contribution in [2.45, 2.75) is 31.8 Å². The fourth-order valence-electron chi connectivity index (χ4n) is 3.66. The minimum Gasteiger partial charge on any atom is -0.496 e. The zero-order valence-corrected chi connectivity index (χ0v) is 18.2. The number of carbonyl (C=O) groups is 2. The van der Waals surface area contributed by atoms with E-state index in [0.29, 0.717) is 34.9 Å². The van der Waals surface area contributed by atoms with Crippen LogP contribution in [0.1, 0.15) is 45.5 Å². The number of benzene rings is 2. The van der Waals surface area contributed by atoms with E-state index in [9.17, 15) is 9.59 Å². The Morgan fingerprint density at radius 3 is 2.50 bits per heavy atom. The summed E-state index contributed by atoms with van der Waals surface area (Å²) in [7, 11) is 3.29. The molecule has 4 N–H and O–H groups in total. The number of aromatic nitrogens is 2. The van der Waals surface area contributed by atoms with Crippen molar-refractivity contribution < 1.29 is 14.3 Å². The molecule has 8 nitrogen and oxygen atoms in total. The molecular weight excluding hydrogens is 406 g/mol. The number of hydrogen-bond acceptors (Lipinski definition) is 5. The minimum atomic E-state index is -0.200. The molecule has 0 unspecified atom stereocenters. The molecule has 0 spiro atoms. The van der Waals surface area contributed by atoms with Crippen molar-refractivity contribution in [2.75, 3.05) is 19.5 Å². The molecule has 0 bridgehead atoms. The lowest BCUT2D eigenvalue weighted by Crippen LogP contribution is -2.39. The topological polar surface area (TPSA) is 108 Å². The average molecular weight is 434 g/mol. The Bertz CT molecular complexity index is 1100. The van der Waals surface area contributed by atoms with E-state index >= 15 is 0 Å².